The summed E-state index contributed by atoms with van der Waals surface area (Å²) in [5, 5.41) is 13.9. The summed E-state index contributed by atoms with van der Waals surface area (Å²) in [7, 11) is 0. The van der Waals surface area contributed by atoms with Gasteiger partial charge in [-0.1, -0.05) is 36.4 Å². The summed E-state index contributed by atoms with van der Waals surface area (Å²) in [6.45, 7) is 0.212. The maximum absolute atomic E-state index is 10.6. The van der Waals surface area contributed by atoms with Gasteiger partial charge in [0.1, 0.15) is 6.04 Å². The van der Waals surface area contributed by atoms with Crippen molar-refractivity contribution in [3.63, 3.8) is 0 Å². The van der Waals surface area contributed by atoms with Crippen molar-refractivity contribution in [2.24, 2.45) is 5.73 Å². The summed E-state index contributed by atoms with van der Waals surface area (Å²) in [4.78, 5) is 10.6. The van der Waals surface area contributed by atoms with Crippen molar-refractivity contribution >= 4 is 22.4 Å². The number of carboxylic acids is 1. The van der Waals surface area contributed by atoms with Crippen molar-refractivity contribution in [1.29, 1.82) is 0 Å². The van der Waals surface area contributed by atoms with Crippen molar-refractivity contribution in [3.8, 4) is 0 Å². The Balaban J connectivity index is 2.21. The third kappa shape index (κ3) is 2.54. The van der Waals surface area contributed by atoms with Crippen LogP contribution in [0.4, 0.5) is 5.69 Å². The highest BCUT2D eigenvalue weighted by molar-refractivity contribution is 5.93. The summed E-state index contributed by atoms with van der Waals surface area (Å²) in [6, 6.07) is 12.9. The van der Waals surface area contributed by atoms with Gasteiger partial charge in [-0.25, -0.2) is 0 Å². The van der Waals surface area contributed by atoms with Gasteiger partial charge < -0.3 is 16.2 Å². The molecule has 17 heavy (non-hydrogen) atoms. The third-order valence-corrected chi connectivity index (χ3v) is 2.62. The van der Waals surface area contributed by atoms with Gasteiger partial charge in [0, 0.05) is 17.6 Å². The molecule has 88 valence electrons. The molecule has 0 aliphatic rings. The molecular weight excluding hydrogens is 216 g/mol. The van der Waals surface area contributed by atoms with Crippen LogP contribution >= 0.6 is 0 Å². The first kappa shape index (κ1) is 11.4. The van der Waals surface area contributed by atoms with E-state index in [2.05, 4.69) is 5.32 Å². The van der Waals surface area contributed by atoms with Crippen LogP contribution in [0.25, 0.3) is 10.8 Å². The lowest BCUT2D eigenvalue weighted by molar-refractivity contribution is -0.138. The third-order valence-electron chi connectivity index (χ3n) is 2.62. The minimum atomic E-state index is -1.00. The van der Waals surface area contributed by atoms with Gasteiger partial charge in [-0.2, -0.15) is 0 Å². The number of nitrogens with one attached hydrogen (secondary N) is 1. The van der Waals surface area contributed by atoms with Crippen LogP contribution in [0.15, 0.2) is 42.5 Å². The lowest BCUT2D eigenvalue weighted by atomic mass is 10.1. The van der Waals surface area contributed by atoms with Crippen molar-refractivity contribution in [2.45, 2.75) is 6.04 Å². The topological polar surface area (TPSA) is 75.3 Å². The van der Waals surface area contributed by atoms with E-state index >= 15 is 0 Å². The van der Waals surface area contributed by atoms with E-state index in [1.54, 1.807) is 0 Å². The molecule has 4 N–H and O–H groups in total. The highest BCUT2D eigenvalue weighted by Gasteiger charge is 2.10. The van der Waals surface area contributed by atoms with Crippen LogP contribution in [-0.4, -0.2) is 23.7 Å². The molecule has 0 aliphatic carbocycles. The molecule has 0 bridgehead atoms. The van der Waals surface area contributed by atoms with Gasteiger partial charge in [0.05, 0.1) is 0 Å². The number of benzene rings is 2. The Labute approximate surface area is 99.1 Å². The van der Waals surface area contributed by atoms with E-state index in [1.165, 1.54) is 0 Å². The molecule has 0 amide bonds. The lowest BCUT2D eigenvalue weighted by Gasteiger charge is -2.11. The lowest BCUT2D eigenvalue weighted by Crippen LogP contribution is -2.36. The van der Waals surface area contributed by atoms with E-state index in [0.717, 1.165) is 16.5 Å². The van der Waals surface area contributed by atoms with E-state index < -0.39 is 12.0 Å². The fraction of sp³-hybridized carbons (Fsp3) is 0.154. The molecule has 4 heteroatoms. The van der Waals surface area contributed by atoms with E-state index in [4.69, 9.17) is 10.8 Å². The zero-order valence-electron chi connectivity index (χ0n) is 9.26. The summed E-state index contributed by atoms with van der Waals surface area (Å²) >= 11 is 0. The number of carboxylic acid groups (broad SMARTS) is 1. The van der Waals surface area contributed by atoms with Crippen molar-refractivity contribution in [1.82, 2.24) is 0 Å². The van der Waals surface area contributed by atoms with Crippen molar-refractivity contribution in [3.05, 3.63) is 42.5 Å². The number of hydrogen-bond acceptors (Lipinski definition) is 3. The van der Waals surface area contributed by atoms with Gasteiger partial charge >= 0.3 is 5.97 Å². The first-order valence-corrected chi connectivity index (χ1v) is 5.38. The van der Waals surface area contributed by atoms with E-state index in [0.29, 0.717) is 0 Å². The van der Waals surface area contributed by atoms with E-state index in [9.17, 15) is 4.79 Å². The van der Waals surface area contributed by atoms with Gasteiger partial charge in [0.2, 0.25) is 0 Å². The van der Waals surface area contributed by atoms with Crippen LogP contribution in [0.3, 0.4) is 0 Å². The number of nitrogens with two attached hydrogens (primary N) is 1. The molecule has 0 heterocycles. The average molecular weight is 230 g/mol. The van der Waals surface area contributed by atoms with Gasteiger partial charge in [0.15, 0.2) is 0 Å². The number of rotatable bonds is 4. The van der Waals surface area contributed by atoms with Gasteiger partial charge in [0.25, 0.3) is 0 Å². The maximum Gasteiger partial charge on any atom is 0.322 e. The molecule has 0 aliphatic heterocycles. The minimum Gasteiger partial charge on any atom is -0.480 e. The predicted molar refractivity (Wildman–Crippen MR) is 68.0 cm³/mol. The molecule has 0 spiro atoms. The molecule has 0 saturated heterocycles. The number of hydrogen-bond donors (Lipinski definition) is 3. The molecular formula is C13H14N2O2. The first-order valence-electron chi connectivity index (χ1n) is 5.38. The van der Waals surface area contributed by atoms with Gasteiger partial charge in [-0.15, -0.1) is 0 Å². The van der Waals surface area contributed by atoms with Crippen LogP contribution in [0.1, 0.15) is 0 Å². The minimum absolute atomic E-state index is 0.212. The van der Waals surface area contributed by atoms with Crippen LogP contribution in [0.2, 0.25) is 0 Å². The van der Waals surface area contributed by atoms with Crippen molar-refractivity contribution in [2.75, 3.05) is 11.9 Å². The molecule has 0 aromatic heterocycles. The fourth-order valence-corrected chi connectivity index (χ4v) is 1.69. The Bertz CT molecular complexity index is 534. The Morgan fingerprint density at radius 3 is 2.71 bits per heavy atom. The van der Waals surface area contributed by atoms with Crippen molar-refractivity contribution < 1.29 is 9.90 Å². The normalized spacial score (nSPS) is 12.3. The molecule has 0 saturated carbocycles. The second-order valence-corrected chi connectivity index (χ2v) is 3.85. The van der Waals surface area contributed by atoms with Gasteiger partial charge in [-0.05, 0) is 11.5 Å². The van der Waals surface area contributed by atoms with Crippen LogP contribution in [0, 0.1) is 0 Å². The number of fused-ring (bicyclic) bond motifs is 1. The summed E-state index contributed by atoms with van der Waals surface area (Å²) in [5.74, 6) is -1.00. The molecule has 1 atom stereocenters. The highest BCUT2D eigenvalue weighted by atomic mass is 16.4. The van der Waals surface area contributed by atoms with Crippen LogP contribution < -0.4 is 11.1 Å². The highest BCUT2D eigenvalue weighted by Crippen LogP contribution is 2.22. The second kappa shape index (κ2) is 4.84. The fourth-order valence-electron chi connectivity index (χ4n) is 1.69. The molecule has 0 radical (unpaired) electrons. The summed E-state index contributed by atoms with van der Waals surface area (Å²) in [6.07, 6.45) is 0. The largest absolute Gasteiger partial charge is 0.480 e. The second-order valence-electron chi connectivity index (χ2n) is 3.85. The van der Waals surface area contributed by atoms with Crippen LogP contribution in [-0.2, 0) is 4.79 Å². The number of aliphatic carboxylic acids is 1. The Kier molecular flexibility index (Phi) is 3.25. The Morgan fingerprint density at radius 1 is 1.24 bits per heavy atom. The zero-order valence-corrected chi connectivity index (χ0v) is 9.26. The smallest absolute Gasteiger partial charge is 0.322 e. The average Bonchev–Trinajstić information content (AvgIpc) is 2.35. The zero-order chi connectivity index (χ0) is 12.3. The maximum atomic E-state index is 10.6. The predicted octanol–water partition coefficient (Wildman–Crippen LogP) is 1.66. The molecule has 1 unspecified atom stereocenters. The summed E-state index contributed by atoms with van der Waals surface area (Å²) in [5.41, 5.74) is 6.35. The number of anilines is 1. The monoisotopic (exact) mass is 230 g/mol. The van der Waals surface area contributed by atoms with E-state index in [1.807, 2.05) is 42.5 Å². The van der Waals surface area contributed by atoms with Crippen LogP contribution in [0.5, 0.6) is 0 Å². The molecule has 2 aromatic rings. The number of carbonyl (C=O) groups is 1. The standard InChI is InChI=1S/C13H14N2O2/c14-11(13(16)17)8-15-12-7-3-5-9-4-1-2-6-10(9)12/h1-7,11,15H,8,14H2,(H,16,17). The Hall–Kier alpha value is -2.07. The SMILES string of the molecule is NC(CNc1cccc2ccccc12)C(=O)O. The Morgan fingerprint density at radius 2 is 1.94 bits per heavy atom. The molecule has 4 nitrogen and oxygen atoms in total. The molecule has 0 fully saturated rings. The van der Waals surface area contributed by atoms with E-state index in [-0.39, 0.29) is 6.54 Å². The quantitative estimate of drug-likeness (QED) is 0.746. The molecule has 2 aromatic carbocycles. The van der Waals surface area contributed by atoms with Gasteiger partial charge in [-0.3, -0.25) is 4.79 Å². The first-order chi connectivity index (χ1) is 8.18. The molecule has 2 rings (SSSR count). The summed E-state index contributed by atoms with van der Waals surface area (Å²) < 4.78 is 0.